The number of halogens is 1. The first-order valence-corrected chi connectivity index (χ1v) is 7.14. The fourth-order valence-electron chi connectivity index (χ4n) is 2.33. The number of hydrogen-bond acceptors (Lipinski definition) is 3. The molecule has 2 N–H and O–H groups in total. The molecule has 0 unspecified atom stereocenters. The molecule has 1 aliphatic heterocycles. The Labute approximate surface area is 125 Å². The number of piperidine rings is 1. The number of amides is 1. The summed E-state index contributed by atoms with van der Waals surface area (Å²) in [7, 11) is 0. The molecule has 0 spiro atoms. The summed E-state index contributed by atoms with van der Waals surface area (Å²) in [4.78, 5) is 24.9. The summed E-state index contributed by atoms with van der Waals surface area (Å²) in [6.45, 7) is 2.35. The Morgan fingerprint density at radius 3 is 2.40 bits per heavy atom. The van der Waals surface area contributed by atoms with E-state index in [2.05, 4.69) is 15.9 Å². The maximum absolute atomic E-state index is 12.4. The van der Waals surface area contributed by atoms with Crippen molar-refractivity contribution in [3.63, 3.8) is 0 Å². The van der Waals surface area contributed by atoms with E-state index in [9.17, 15) is 14.7 Å². The SMILES string of the molecule is Cc1cc(Br)ccc1C(=O)N1CCC(O)(C(=O)O)CC1. The predicted octanol–water partition coefficient (Wildman–Crippen LogP) is 1.81. The number of carbonyl (C=O) groups is 2. The number of carbonyl (C=O) groups excluding carboxylic acids is 1. The van der Waals surface area contributed by atoms with Crippen LogP contribution in [0.2, 0.25) is 0 Å². The molecule has 1 amide bonds. The Kier molecular flexibility index (Phi) is 4.15. The monoisotopic (exact) mass is 341 g/mol. The van der Waals surface area contributed by atoms with Crippen LogP contribution in [-0.2, 0) is 4.79 Å². The van der Waals surface area contributed by atoms with Crippen LogP contribution in [0.4, 0.5) is 0 Å². The van der Waals surface area contributed by atoms with E-state index in [1.807, 2.05) is 13.0 Å². The average molecular weight is 342 g/mol. The second-order valence-electron chi connectivity index (χ2n) is 5.09. The smallest absolute Gasteiger partial charge is 0.335 e. The molecule has 1 heterocycles. The number of likely N-dealkylation sites (tertiary alicyclic amines) is 1. The Bertz CT molecular complexity index is 550. The first-order chi connectivity index (χ1) is 9.33. The van der Waals surface area contributed by atoms with E-state index in [4.69, 9.17) is 5.11 Å². The van der Waals surface area contributed by atoms with Crippen molar-refractivity contribution in [3.8, 4) is 0 Å². The fraction of sp³-hybridized carbons (Fsp3) is 0.429. The lowest BCUT2D eigenvalue weighted by Gasteiger charge is -2.35. The van der Waals surface area contributed by atoms with Crippen LogP contribution in [-0.4, -0.2) is 45.7 Å². The van der Waals surface area contributed by atoms with Crippen LogP contribution in [0.15, 0.2) is 22.7 Å². The molecule has 0 aromatic heterocycles. The van der Waals surface area contributed by atoms with Gasteiger partial charge in [-0.05, 0) is 30.7 Å². The number of rotatable bonds is 2. The summed E-state index contributed by atoms with van der Waals surface area (Å²) in [6.07, 6.45) is 0.118. The molecule has 1 aromatic carbocycles. The van der Waals surface area contributed by atoms with E-state index in [1.165, 1.54) is 0 Å². The third-order valence-electron chi connectivity index (χ3n) is 3.69. The zero-order valence-corrected chi connectivity index (χ0v) is 12.7. The molecular formula is C14H16BrNO4. The van der Waals surface area contributed by atoms with Gasteiger partial charge in [-0.15, -0.1) is 0 Å². The Hall–Kier alpha value is -1.40. The highest BCUT2D eigenvalue weighted by atomic mass is 79.9. The summed E-state index contributed by atoms with van der Waals surface area (Å²) in [5, 5.41) is 18.8. The summed E-state index contributed by atoms with van der Waals surface area (Å²) < 4.78 is 0.908. The van der Waals surface area contributed by atoms with Crippen molar-refractivity contribution >= 4 is 27.8 Å². The Morgan fingerprint density at radius 1 is 1.30 bits per heavy atom. The summed E-state index contributed by atoms with van der Waals surface area (Å²) in [5.74, 6) is -1.34. The molecule has 1 fully saturated rings. The van der Waals surface area contributed by atoms with E-state index in [0.29, 0.717) is 5.56 Å². The first-order valence-electron chi connectivity index (χ1n) is 6.35. The van der Waals surface area contributed by atoms with E-state index in [1.54, 1.807) is 17.0 Å². The van der Waals surface area contributed by atoms with E-state index in [0.717, 1.165) is 10.0 Å². The van der Waals surface area contributed by atoms with Gasteiger partial charge < -0.3 is 15.1 Å². The van der Waals surface area contributed by atoms with Crippen molar-refractivity contribution in [3.05, 3.63) is 33.8 Å². The largest absolute Gasteiger partial charge is 0.479 e. The number of carboxylic acid groups (broad SMARTS) is 1. The molecule has 0 radical (unpaired) electrons. The van der Waals surface area contributed by atoms with E-state index >= 15 is 0 Å². The van der Waals surface area contributed by atoms with Gasteiger partial charge >= 0.3 is 5.97 Å². The molecule has 0 saturated carbocycles. The number of benzene rings is 1. The van der Waals surface area contributed by atoms with Crippen molar-refractivity contribution < 1.29 is 19.8 Å². The molecule has 2 rings (SSSR count). The summed E-state index contributed by atoms with van der Waals surface area (Å²) >= 11 is 3.35. The van der Waals surface area contributed by atoms with Crippen LogP contribution in [0, 0.1) is 6.92 Å². The molecule has 0 bridgehead atoms. The molecule has 6 heteroatoms. The lowest BCUT2D eigenvalue weighted by atomic mass is 9.91. The summed E-state index contributed by atoms with van der Waals surface area (Å²) in [6, 6.07) is 5.42. The quantitative estimate of drug-likeness (QED) is 0.859. The highest BCUT2D eigenvalue weighted by Crippen LogP contribution is 2.25. The molecule has 0 aliphatic carbocycles. The lowest BCUT2D eigenvalue weighted by Crippen LogP contribution is -2.50. The maximum Gasteiger partial charge on any atom is 0.335 e. The van der Waals surface area contributed by atoms with Gasteiger partial charge in [-0.25, -0.2) is 4.79 Å². The molecule has 1 saturated heterocycles. The van der Waals surface area contributed by atoms with Crippen LogP contribution in [0.3, 0.4) is 0 Å². The van der Waals surface area contributed by atoms with Crippen LogP contribution in [0.5, 0.6) is 0 Å². The Balaban J connectivity index is 2.11. The van der Waals surface area contributed by atoms with Gasteiger partial charge in [0.25, 0.3) is 5.91 Å². The number of carboxylic acids is 1. The topological polar surface area (TPSA) is 77.8 Å². The van der Waals surface area contributed by atoms with Gasteiger partial charge in [-0.3, -0.25) is 4.79 Å². The van der Waals surface area contributed by atoms with E-state index < -0.39 is 11.6 Å². The van der Waals surface area contributed by atoms with Gasteiger partial charge in [0.1, 0.15) is 0 Å². The number of hydrogen-bond donors (Lipinski definition) is 2. The molecule has 5 nitrogen and oxygen atoms in total. The van der Waals surface area contributed by atoms with Crippen molar-refractivity contribution in [2.24, 2.45) is 0 Å². The van der Waals surface area contributed by atoms with Gasteiger partial charge in [0, 0.05) is 36.0 Å². The highest BCUT2D eigenvalue weighted by Gasteiger charge is 2.40. The second kappa shape index (κ2) is 5.54. The van der Waals surface area contributed by atoms with Gasteiger partial charge in [0.2, 0.25) is 0 Å². The lowest BCUT2D eigenvalue weighted by molar-refractivity contribution is -0.162. The first kappa shape index (κ1) is 15.0. The van der Waals surface area contributed by atoms with Crippen LogP contribution in [0.1, 0.15) is 28.8 Å². The Morgan fingerprint density at radius 2 is 1.90 bits per heavy atom. The van der Waals surface area contributed by atoms with Crippen molar-refractivity contribution in [2.45, 2.75) is 25.4 Å². The second-order valence-corrected chi connectivity index (χ2v) is 6.00. The number of aryl methyl sites for hydroxylation is 1. The van der Waals surface area contributed by atoms with Crippen molar-refractivity contribution in [1.82, 2.24) is 4.90 Å². The normalized spacial score (nSPS) is 17.9. The number of aliphatic carboxylic acids is 1. The molecule has 1 aliphatic rings. The molecule has 1 aromatic rings. The standard InChI is InChI=1S/C14H16BrNO4/c1-9-8-10(15)2-3-11(9)12(17)16-6-4-14(20,5-7-16)13(18)19/h2-3,8,20H,4-7H2,1H3,(H,18,19). The molecule has 20 heavy (non-hydrogen) atoms. The number of nitrogens with zero attached hydrogens (tertiary/aromatic N) is 1. The zero-order valence-electron chi connectivity index (χ0n) is 11.1. The zero-order chi connectivity index (χ0) is 14.9. The summed E-state index contributed by atoms with van der Waals surface area (Å²) in [5.41, 5.74) is -0.233. The van der Waals surface area contributed by atoms with E-state index in [-0.39, 0.29) is 31.8 Å². The van der Waals surface area contributed by atoms with Crippen LogP contribution in [0.25, 0.3) is 0 Å². The maximum atomic E-state index is 12.4. The molecular weight excluding hydrogens is 326 g/mol. The van der Waals surface area contributed by atoms with Crippen LogP contribution < -0.4 is 0 Å². The molecule has 0 atom stereocenters. The van der Waals surface area contributed by atoms with Gasteiger partial charge in [0.05, 0.1) is 0 Å². The van der Waals surface area contributed by atoms with Gasteiger partial charge in [0.15, 0.2) is 5.60 Å². The molecule has 108 valence electrons. The highest BCUT2D eigenvalue weighted by molar-refractivity contribution is 9.10. The minimum Gasteiger partial charge on any atom is -0.479 e. The van der Waals surface area contributed by atoms with Crippen LogP contribution >= 0.6 is 15.9 Å². The average Bonchev–Trinajstić information content (AvgIpc) is 2.38. The van der Waals surface area contributed by atoms with Gasteiger partial charge in [-0.1, -0.05) is 15.9 Å². The predicted molar refractivity (Wildman–Crippen MR) is 76.6 cm³/mol. The van der Waals surface area contributed by atoms with Gasteiger partial charge in [-0.2, -0.15) is 0 Å². The van der Waals surface area contributed by atoms with Crippen molar-refractivity contribution in [1.29, 1.82) is 0 Å². The fourth-order valence-corrected chi connectivity index (χ4v) is 2.81. The third kappa shape index (κ3) is 2.86. The minimum absolute atomic E-state index is 0.0592. The minimum atomic E-state index is -1.70. The number of aliphatic hydroxyl groups is 1. The third-order valence-corrected chi connectivity index (χ3v) is 4.19. The van der Waals surface area contributed by atoms with Crippen molar-refractivity contribution in [2.75, 3.05) is 13.1 Å².